The number of para-hydroxylation sites is 1. The lowest BCUT2D eigenvalue weighted by Crippen LogP contribution is -2.15. The second-order valence-corrected chi connectivity index (χ2v) is 7.75. The van der Waals surface area contributed by atoms with E-state index in [0.29, 0.717) is 27.4 Å². The predicted molar refractivity (Wildman–Crippen MR) is 120 cm³/mol. The van der Waals surface area contributed by atoms with Crippen LogP contribution < -0.4 is 15.4 Å². The molecule has 0 radical (unpaired) electrons. The van der Waals surface area contributed by atoms with Crippen LogP contribution in [0.25, 0.3) is 0 Å². The lowest BCUT2D eigenvalue weighted by Gasteiger charge is -2.09. The van der Waals surface area contributed by atoms with Crippen molar-refractivity contribution in [3.63, 3.8) is 0 Å². The molecule has 2 aromatic carbocycles. The number of nitrogens with one attached hydrogen (secondary N) is 2. The maximum atomic E-state index is 12.9. The van der Waals surface area contributed by atoms with Crippen molar-refractivity contribution in [3.8, 4) is 5.75 Å². The number of hydrogen-bond acceptors (Lipinski definition) is 6. The van der Waals surface area contributed by atoms with Crippen LogP contribution in [0, 0.1) is 13.8 Å². The van der Waals surface area contributed by atoms with Crippen LogP contribution in [0.1, 0.15) is 41.5 Å². The van der Waals surface area contributed by atoms with E-state index in [1.165, 1.54) is 14.2 Å². The molecule has 3 rings (SSSR count). The number of methoxy groups -OCH3 is 2. The first-order valence-corrected chi connectivity index (χ1v) is 10.2. The zero-order valence-electron chi connectivity index (χ0n) is 17.6. The molecular formula is C23H22N2O5S. The number of benzene rings is 2. The van der Waals surface area contributed by atoms with Crippen molar-refractivity contribution in [1.82, 2.24) is 0 Å². The van der Waals surface area contributed by atoms with Gasteiger partial charge in [-0.2, -0.15) is 0 Å². The number of esters is 1. The molecule has 2 amide bonds. The molecule has 0 saturated carbocycles. The van der Waals surface area contributed by atoms with Crippen LogP contribution in [0.3, 0.4) is 0 Å². The number of ether oxygens (including phenoxy) is 2. The molecule has 8 heteroatoms. The van der Waals surface area contributed by atoms with Crippen LogP contribution in [0.15, 0.2) is 48.5 Å². The van der Waals surface area contributed by atoms with Gasteiger partial charge in [-0.15, -0.1) is 11.3 Å². The first kappa shape index (κ1) is 22.0. The molecule has 0 spiro atoms. The quantitative estimate of drug-likeness (QED) is 0.546. The molecule has 2 N–H and O–H groups in total. The van der Waals surface area contributed by atoms with Gasteiger partial charge in [-0.3, -0.25) is 9.59 Å². The number of amides is 2. The molecule has 3 aromatic rings. The monoisotopic (exact) mass is 438 g/mol. The Hall–Kier alpha value is -3.65. The topological polar surface area (TPSA) is 93.7 Å². The van der Waals surface area contributed by atoms with Gasteiger partial charge < -0.3 is 20.1 Å². The van der Waals surface area contributed by atoms with Crippen molar-refractivity contribution in [2.45, 2.75) is 13.8 Å². The summed E-state index contributed by atoms with van der Waals surface area (Å²) in [4.78, 5) is 38.4. The normalized spacial score (nSPS) is 10.3. The third-order valence-corrected chi connectivity index (χ3v) is 5.80. The van der Waals surface area contributed by atoms with Gasteiger partial charge in [-0.1, -0.05) is 24.3 Å². The van der Waals surface area contributed by atoms with Gasteiger partial charge in [0.15, 0.2) is 0 Å². The fourth-order valence-electron chi connectivity index (χ4n) is 3.08. The fourth-order valence-corrected chi connectivity index (χ4v) is 4.16. The third kappa shape index (κ3) is 4.75. The van der Waals surface area contributed by atoms with Crippen molar-refractivity contribution < 1.29 is 23.9 Å². The number of aryl methyl sites for hydroxylation is 1. The highest BCUT2D eigenvalue weighted by molar-refractivity contribution is 7.19. The Bertz CT molecular complexity index is 1150. The Balaban J connectivity index is 1.95. The van der Waals surface area contributed by atoms with Gasteiger partial charge in [0.25, 0.3) is 11.8 Å². The molecule has 160 valence electrons. The summed E-state index contributed by atoms with van der Waals surface area (Å²) < 4.78 is 10.1. The van der Waals surface area contributed by atoms with Crippen LogP contribution >= 0.6 is 11.3 Å². The summed E-state index contributed by atoms with van der Waals surface area (Å²) in [5, 5.41) is 5.78. The fraction of sp³-hybridized carbons (Fsp3) is 0.174. The number of carbonyl (C=O) groups is 3. The Kier molecular flexibility index (Phi) is 6.71. The van der Waals surface area contributed by atoms with Crippen LogP contribution in [0.4, 0.5) is 10.7 Å². The van der Waals surface area contributed by atoms with Crippen molar-refractivity contribution in [2.75, 3.05) is 24.9 Å². The standard InChI is InChI=1S/C23H22N2O5S/c1-13-8-7-9-15(12-13)24-21(27)19-14(2)18(23(28)30-4)22(31-19)25-20(26)16-10-5-6-11-17(16)29-3/h5-12H,1-4H3,(H,24,27)(H,25,26). The summed E-state index contributed by atoms with van der Waals surface area (Å²) in [5.41, 5.74) is 2.51. The lowest BCUT2D eigenvalue weighted by molar-refractivity contribution is 0.0601. The number of thiophene rings is 1. The van der Waals surface area contributed by atoms with Crippen molar-refractivity contribution in [1.29, 1.82) is 0 Å². The zero-order chi connectivity index (χ0) is 22.5. The smallest absolute Gasteiger partial charge is 0.341 e. The van der Waals surface area contributed by atoms with Crippen molar-refractivity contribution in [3.05, 3.63) is 75.7 Å². The van der Waals surface area contributed by atoms with Gasteiger partial charge >= 0.3 is 5.97 Å². The predicted octanol–water partition coefficient (Wildman–Crippen LogP) is 4.66. The van der Waals surface area contributed by atoms with Crippen LogP contribution in [-0.4, -0.2) is 32.0 Å². The van der Waals surface area contributed by atoms with E-state index in [2.05, 4.69) is 10.6 Å². The van der Waals surface area contributed by atoms with Crippen LogP contribution in [0.2, 0.25) is 0 Å². The Morgan fingerprint density at radius 3 is 2.32 bits per heavy atom. The highest BCUT2D eigenvalue weighted by Gasteiger charge is 2.27. The molecule has 0 saturated heterocycles. The average molecular weight is 439 g/mol. The summed E-state index contributed by atoms with van der Waals surface area (Å²) in [6.45, 7) is 3.57. The highest BCUT2D eigenvalue weighted by Crippen LogP contribution is 2.35. The summed E-state index contributed by atoms with van der Waals surface area (Å²) in [6, 6.07) is 14.1. The second-order valence-electron chi connectivity index (χ2n) is 6.73. The Morgan fingerprint density at radius 1 is 0.903 bits per heavy atom. The van der Waals surface area contributed by atoms with E-state index in [1.807, 2.05) is 25.1 Å². The summed E-state index contributed by atoms with van der Waals surface area (Å²) >= 11 is 1.01. The minimum Gasteiger partial charge on any atom is -0.496 e. The molecule has 0 fully saturated rings. The molecule has 0 aliphatic carbocycles. The van der Waals surface area contributed by atoms with E-state index in [-0.39, 0.29) is 16.5 Å². The molecule has 1 heterocycles. The number of carbonyl (C=O) groups excluding carboxylic acids is 3. The molecule has 7 nitrogen and oxygen atoms in total. The largest absolute Gasteiger partial charge is 0.496 e. The molecule has 0 bridgehead atoms. The molecule has 0 aliphatic rings. The van der Waals surface area contributed by atoms with E-state index in [9.17, 15) is 14.4 Å². The van der Waals surface area contributed by atoms with E-state index in [1.54, 1.807) is 37.3 Å². The number of hydrogen-bond donors (Lipinski definition) is 2. The molecule has 31 heavy (non-hydrogen) atoms. The van der Waals surface area contributed by atoms with Gasteiger partial charge in [0.05, 0.1) is 30.2 Å². The molecular weight excluding hydrogens is 416 g/mol. The zero-order valence-corrected chi connectivity index (χ0v) is 18.4. The van der Waals surface area contributed by atoms with Gasteiger partial charge in [-0.25, -0.2) is 4.79 Å². The van der Waals surface area contributed by atoms with E-state index in [4.69, 9.17) is 9.47 Å². The third-order valence-electron chi connectivity index (χ3n) is 4.60. The minimum absolute atomic E-state index is 0.144. The number of rotatable bonds is 6. The SMILES string of the molecule is COC(=O)c1c(NC(=O)c2ccccc2OC)sc(C(=O)Nc2cccc(C)c2)c1C. The van der Waals surface area contributed by atoms with Gasteiger partial charge in [0, 0.05) is 5.69 Å². The molecule has 0 atom stereocenters. The number of anilines is 2. The second kappa shape index (κ2) is 9.44. The first-order chi connectivity index (χ1) is 14.8. The minimum atomic E-state index is -0.640. The molecule has 0 unspecified atom stereocenters. The molecule has 0 aliphatic heterocycles. The van der Waals surface area contributed by atoms with E-state index < -0.39 is 11.9 Å². The first-order valence-electron chi connectivity index (χ1n) is 9.39. The van der Waals surface area contributed by atoms with Crippen LogP contribution in [0.5, 0.6) is 5.75 Å². The summed E-state index contributed by atoms with van der Waals surface area (Å²) in [6.07, 6.45) is 0. The Morgan fingerprint density at radius 2 is 1.65 bits per heavy atom. The highest BCUT2D eigenvalue weighted by atomic mass is 32.1. The summed E-state index contributed by atoms with van der Waals surface area (Å²) in [5.74, 6) is -1.09. The summed E-state index contributed by atoms with van der Waals surface area (Å²) in [7, 11) is 2.72. The maximum Gasteiger partial charge on any atom is 0.341 e. The van der Waals surface area contributed by atoms with Gasteiger partial charge in [0.2, 0.25) is 0 Å². The average Bonchev–Trinajstić information content (AvgIpc) is 3.08. The van der Waals surface area contributed by atoms with Crippen molar-refractivity contribution in [2.24, 2.45) is 0 Å². The van der Waals surface area contributed by atoms with E-state index >= 15 is 0 Å². The van der Waals surface area contributed by atoms with E-state index in [0.717, 1.165) is 16.9 Å². The van der Waals surface area contributed by atoms with Crippen molar-refractivity contribution >= 4 is 39.8 Å². The van der Waals surface area contributed by atoms with Gasteiger partial charge in [-0.05, 0) is 49.2 Å². The maximum absolute atomic E-state index is 12.9. The van der Waals surface area contributed by atoms with Gasteiger partial charge in [0.1, 0.15) is 10.8 Å². The lowest BCUT2D eigenvalue weighted by atomic mass is 10.1. The van der Waals surface area contributed by atoms with Crippen LogP contribution in [-0.2, 0) is 4.74 Å². The molecule has 1 aromatic heterocycles. The Labute approximate surface area is 184 Å².